The summed E-state index contributed by atoms with van der Waals surface area (Å²) in [7, 11) is 4.66. The molecule has 1 aromatic rings. The third kappa shape index (κ3) is 5.03. The molecule has 36 heavy (non-hydrogen) atoms. The molecule has 1 spiro atoms. The zero-order chi connectivity index (χ0) is 26.1. The van der Waals surface area contributed by atoms with Crippen LogP contribution in [0, 0.1) is 17.2 Å². The number of rotatable bonds is 10. The van der Waals surface area contributed by atoms with Crippen LogP contribution in [0.4, 0.5) is 5.69 Å². The zero-order valence-electron chi connectivity index (χ0n) is 21.9. The van der Waals surface area contributed by atoms with Crippen molar-refractivity contribution in [2.75, 3.05) is 39.8 Å². The van der Waals surface area contributed by atoms with Crippen LogP contribution in [-0.2, 0) is 23.7 Å². The van der Waals surface area contributed by atoms with Crippen molar-refractivity contribution >= 4 is 11.7 Å². The van der Waals surface area contributed by atoms with Crippen LogP contribution in [0.1, 0.15) is 45.6 Å². The lowest BCUT2D eigenvalue weighted by molar-refractivity contribution is -0.170. The standard InChI is InChI=1S/C27H36N2O7/c1-16(2)7-8-22-26(3,36-22)25-24(33-6)19(9-10-27(25)15-34-27)35-23(30)14-29-18-12-21(32-5)20(31-4)11-17(18)13-28/h7,11-12,19,22,24-25,29H,8-10,14-15H2,1-6H3. The van der Waals surface area contributed by atoms with Gasteiger partial charge in [0.2, 0.25) is 0 Å². The van der Waals surface area contributed by atoms with Gasteiger partial charge in [0, 0.05) is 19.2 Å². The number of methoxy groups -OCH3 is 3. The van der Waals surface area contributed by atoms with E-state index in [1.54, 1.807) is 19.2 Å². The van der Waals surface area contributed by atoms with Gasteiger partial charge in [-0.25, -0.2) is 0 Å². The smallest absolute Gasteiger partial charge is 0.325 e. The Hall–Kier alpha value is -2.80. The molecule has 0 aromatic heterocycles. The maximum absolute atomic E-state index is 12.9. The van der Waals surface area contributed by atoms with Gasteiger partial charge in [-0.1, -0.05) is 11.6 Å². The summed E-state index contributed by atoms with van der Waals surface area (Å²) in [4.78, 5) is 12.9. The zero-order valence-corrected chi connectivity index (χ0v) is 21.9. The highest BCUT2D eigenvalue weighted by atomic mass is 16.6. The second-order valence-corrected chi connectivity index (χ2v) is 10.1. The summed E-state index contributed by atoms with van der Waals surface area (Å²) >= 11 is 0. The first-order valence-electron chi connectivity index (χ1n) is 12.3. The summed E-state index contributed by atoms with van der Waals surface area (Å²) in [6.07, 6.45) is 3.77. The van der Waals surface area contributed by atoms with Gasteiger partial charge in [0.05, 0.1) is 44.1 Å². The Morgan fingerprint density at radius 3 is 2.53 bits per heavy atom. The number of hydrogen-bond donors (Lipinski definition) is 1. The Morgan fingerprint density at radius 2 is 1.94 bits per heavy atom. The van der Waals surface area contributed by atoms with Crippen LogP contribution in [0.2, 0.25) is 0 Å². The number of nitrogens with zero attached hydrogens (tertiary/aromatic N) is 1. The molecule has 0 bridgehead atoms. The Balaban J connectivity index is 1.43. The number of esters is 1. The second kappa shape index (κ2) is 10.3. The number of hydrogen-bond acceptors (Lipinski definition) is 9. The lowest BCUT2D eigenvalue weighted by Gasteiger charge is -2.42. The van der Waals surface area contributed by atoms with Crippen molar-refractivity contribution in [3.63, 3.8) is 0 Å². The van der Waals surface area contributed by atoms with E-state index >= 15 is 0 Å². The van der Waals surface area contributed by atoms with E-state index in [0.717, 1.165) is 12.8 Å². The second-order valence-electron chi connectivity index (χ2n) is 10.1. The Morgan fingerprint density at radius 1 is 1.25 bits per heavy atom. The number of anilines is 1. The van der Waals surface area contributed by atoms with E-state index < -0.39 is 17.7 Å². The highest BCUT2D eigenvalue weighted by Gasteiger charge is 2.72. The Bertz CT molecular complexity index is 1060. The van der Waals surface area contributed by atoms with E-state index in [-0.39, 0.29) is 30.3 Å². The number of carbonyl (C=O) groups excluding carboxylic acids is 1. The van der Waals surface area contributed by atoms with Gasteiger partial charge in [0.1, 0.15) is 36.0 Å². The third-order valence-electron chi connectivity index (χ3n) is 7.59. The maximum atomic E-state index is 12.9. The van der Waals surface area contributed by atoms with Gasteiger partial charge in [-0.2, -0.15) is 5.26 Å². The Labute approximate surface area is 212 Å². The molecule has 2 heterocycles. The molecule has 6 unspecified atom stereocenters. The highest BCUT2D eigenvalue weighted by molar-refractivity contribution is 5.77. The van der Waals surface area contributed by atoms with Crippen molar-refractivity contribution in [3.05, 3.63) is 29.3 Å². The number of allylic oxidation sites excluding steroid dienone is 1. The molecule has 1 N–H and O–H groups in total. The Kier molecular flexibility index (Phi) is 7.51. The van der Waals surface area contributed by atoms with E-state index in [1.807, 2.05) is 0 Å². The molecule has 9 heteroatoms. The maximum Gasteiger partial charge on any atom is 0.325 e. The van der Waals surface area contributed by atoms with Crippen LogP contribution in [0.3, 0.4) is 0 Å². The van der Waals surface area contributed by atoms with Crippen LogP contribution < -0.4 is 14.8 Å². The summed E-state index contributed by atoms with van der Waals surface area (Å²) < 4.78 is 34.6. The molecule has 1 aromatic carbocycles. The molecule has 3 aliphatic rings. The van der Waals surface area contributed by atoms with E-state index in [0.29, 0.717) is 35.8 Å². The number of ether oxygens (including phenoxy) is 6. The molecule has 0 radical (unpaired) electrons. The van der Waals surface area contributed by atoms with Crippen LogP contribution in [0.5, 0.6) is 11.5 Å². The van der Waals surface area contributed by atoms with E-state index in [1.165, 1.54) is 19.8 Å². The van der Waals surface area contributed by atoms with Gasteiger partial charge in [-0.3, -0.25) is 4.79 Å². The SMILES string of the molecule is COc1cc(C#N)c(NCC(=O)OC2CCC3(CO3)C(C3(C)OC3CC=C(C)C)C2OC)cc1OC. The van der Waals surface area contributed by atoms with Crippen molar-refractivity contribution in [2.24, 2.45) is 5.92 Å². The molecule has 3 fully saturated rings. The normalized spacial score (nSPS) is 32.2. The first-order chi connectivity index (χ1) is 17.2. The molecule has 1 saturated carbocycles. The predicted octanol–water partition coefficient (Wildman–Crippen LogP) is 3.61. The molecule has 6 atom stereocenters. The van der Waals surface area contributed by atoms with Gasteiger partial charge in [0.25, 0.3) is 0 Å². The molecule has 4 rings (SSSR count). The highest BCUT2D eigenvalue weighted by Crippen LogP contribution is 2.59. The van der Waals surface area contributed by atoms with Crippen molar-refractivity contribution in [3.8, 4) is 17.6 Å². The number of benzene rings is 1. The molecular formula is C27H36N2O7. The molecule has 0 amide bonds. The first kappa shape index (κ1) is 26.3. The lowest BCUT2D eigenvalue weighted by atomic mass is 9.68. The van der Waals surface area contributed by atoms with Gasteiger partial charge in [-0.05, 0) is 40.0 Å². The topological polar surface area (TPSA) is 115 Å². The van der Waals surface area contributed by atoms with E-state index in [9.17, 15) is 10.1 Å². The minimum Gasteiger partial charge on any atom is -0.493 e. The van der Waals surface area contributed by atoms with Crippen LogP contribution in [-0.4, -0.2) is 70.0 Å². The summed E-state index contributed by atoms with van der Waals surface area (Å²) in [5, 5.41) is 12.5. The fraction of sp³-hybridized carbons (Fsp3) is 0.630. The van der Waals surface area contributed by atoms with E-state index in [2.05, 4.69) is 38.2 Å². The van der Waals surface area contributed by atoms with Crippen LogP contribution in [0.15, 0.2) is 23.8 Å². The summed E-state index contributed by atoms with van der Waals surface area (Å²) in [6, 6.07) is 5.30. The van der Waals surface area contributed by atoms with Crippen molar-refractivity contribution in [2.45, 2.75) is 69.5 Å². The fourth-order valence-corrected chi connectivity index (χ4v) is 5.57. The molecule has 1 aliphatic carbocycles. The molecule has 9 nitrogen and oxygen atoms in total. The van der Waals surface area contributed by atoms with Gasteiger partial charge in [0.15, 0.2) is 11.5 Å². The predicted molar refractivity (Wildman–Crippen MR) is 132 cm³/mol. The number of epoxide rings is 2. The van der Waals surface area contributed by atoms with Crippen LogP contribution in [0.25, 0.3) is 0 Å². The van der Waals surface area contributed by atoms with Crippen molar-refractivity contribution < 1.29 is 33.2 Å². The quantitative estimate of drug-likeness (QED) is 0.292. The molecular weight excluding hydrogens is 464 g/mol. The van der Waals surface area contributed by atoms with Gasteiger partial charge < -0.3 is 33.7 Å². The molecule has 2 aliphatic heterocycles. The van der Waals surface area contributed by atoms with E-state index in [4.69, 9.17) is 28.4 Å². The summed E-state index contributed by atoms with van der Waals surface area (Å²) in [5.41, 5.74) is 1.38. The molecule has 196 valence electrons. The monoisotopic (exact) mass is 500 g/mol. The minimum absolute atomic E-state index is 0.0406. The summed E-state index contributed by atoms with van der Waals surface area (Å²) in [5.74, 6) is 0.418. The van der Waals surface area contributed by atoms with Gasteiger partial charge in [-0.15, -0.1) is 0 Å². The average Bonchev–Trinajstić information content (AvgIpc) is 3.78. The lowest BCUT2D eigenvalue weighted by Crippen LogP contribution is -2.55. The first-order valence-corrected chi connectivity index (χ1v) is 12.3. The number of carbonyl (C=O) groups is 1. The largest absolute Gasteiger partial charge is 0.493 e. The van der Waals surface area contributed by atoms with Crippen LogP contribution >= 0.6 is 0 Å². The van der Waals surface area contributed by atoms with Crippen molar-refractivity contribution in [1.82, 2.24) is 0 Å². The third-order valence-corrected chi connectivity index (χ3v) is 7.59. The van der Waals surface area contributed by atoms with Crippen molar-refractivity contribution in [1.29, 1.82) is 5.26 Å². The number of nitriles is 1. The van der Waals surface area contributed by atoms with Gasteiger partial charge >= 0.3 is 5.97 Å². The number of nitrogens with one attached hydrogen (secondary N) is 1. The summed E-state index contributed by atoms with van der Waals surface area (Å²) in [6.45, 7) is 6.83. The average molecular weight is 501 g/mol. The minimum atomic E-state index is -0.435. The molecule has 2 saturated heterocycles. The fourth-order valence-electron chi connectivity index (χ4n) is 5.57.